The maximum atomic E-state index is 12.6. The summed E-state index contributed by atoms with van der Waals surface area (Å²) in [4.78, 5) is 26.1. The Balaban J connectivity index is 1.49. The highest BCUT2D eigenvalue weighted by molar-refractivity contribution is 7.89. The van der Waals surface area contributed by atoms with Gasteiger partial charge < -0.3 is 14.6 Å². The number of nitrogens with zero attached hydrogens (tertiary/aromatic N) is 2. The van der Waals surface area contributed by atoms with Crippen molar-refractivity contribution in [2.24, 2.45) is 0 Å². The molecule has 2 amide bonds. The minimum absolute atomic E-state index is 0.0275. The van der Waals surface area contributed by atoms with Crippen molar-refractivity contribution in [3.05, 3.63) is 59.0 Å². The fourth-order valence-electron chi connectivity index (χ4n) is 3.36. The number of hydrogen-bond acceptors (Lipinski definition) is 5. The van der Waals surface area contributed by atoms with E-state index >= 15 is 0 Å². The highest BCUT2D eigenvalue weighted by Gasteiger charge is 2.29. The van der Waals surface area contributed by atoms with Gasteiger partial charge in [0.15, 0.2) is 5.76 Å². The van der Waals surface area contributed by atoms with Crippen LogP contribution in [0.15, 0.2) is 41.0 Å². The Kier molecular flexibility index (Phi) is 6.39. The Hall–Kier alpha value is -2.65. The monoisotopic (exact) mass is 419 g/mol. The van der Waals surface area contributed by atoms with Crippen LogP contribution in [0.3, 0.4) is 0 Å². The van der Waals surface area contributed by atoms with Crippen LogP contribution in [0, 0.1) is 13.8 Å². The van der Waals surface area contributed by atoms with Gasteiger partial charge in [0.05, 0.1) is 12.0 Å². The van der Waals surface area contributed by atoms with Crippen LogP contribution in [0.25, 0.3) is 0 Å². The van der Waals surface area contributed by atoms with Crippen molar-refractivity contribution in [1.29, 1.82) is 0 Å². The number of hydrogen-bond donors (Lipinski definition) is 1. The lowest BCUT2D eigenvalue weighted by Gasteiger charge is -2.33. The normalized spacial score (nSPS) is 15.3. The number of carbonyl (C=O) groups is 2. The van der Waals surface area contributed by atoms with Gasteiger partial charge in [-0.2, -0.15) is 4.31 Å². The van der Waals surface area contributed by atoms with Gasteiger partial charge in [-0.25, -0.2) is 8.42 Å². The number of carbonyl (C=O) groups excluding carboxylic acids is 2. The van der Waals surface area contributed by atoms with Crippen LogP contribution < -0.4 is 5.32 Å². The second kappa shape index (κ2) is 8.79. The van der Waals surface area contributed by atoms with E-state index < -0.39 is 10.0 Å². The summed E-state index contributed by atoms with van der Waals surface area (Å²) < 4.78 is 31.6. The van der Waals surface area contributed by atoms with Crippen molar-refractivity contribution in [3.8, 4) is 0 Å². The lowest BCUT2D eigenvalue weighted by Crippen LogP contribution is -2.51. The molecule has 2 heterocycles. The van der Waals surface area contributed by atoms with Gasteiger partial charge in [-0.05, 0) is 38.1 Å². The molecule has 0 spiro atoms. The van der Waals surface area contributed by atoms with Gasteiger partial charge >= 0.3 is 0 Å². The molecule has 1 N–H and O–H groups in total. The molecule has 0 unspecified atom stereocenters. The fourth-order valence-corrected chi connectivity index (χ4v) is 4.69. The summed E-state index contributed by atoms with van der Waals surface area (Å²) >= 11 is 0. The molecule has 1 aliphatic heterocycles. The molecule has 9 heteroatoms. The van der Waals surface area contributed by atoms with Gasteiger partial charge in [0, 0.05) is 38.3 Å². The first-order valence-electron chi connectivity index (χ1n) is 9.43. The maximum absolute atomic E-state index is 12.6. The van der Waals surface area contributed by atoms with Crippen LogP contribution >= 0.6 is 0 Å². The number of benzene rings is 1. The van der Waals surface area contributed by atoms with E-state index in [9.17, 15) is 18.0 Å². The zero-order chi connectivity index (χ0) is 21.0. The molecule has 1 fully saturated rings. The summed E-state index contributed by atoms with van der Waals surface area (Å²) in [6.45, 7) is 4.88. The number of amides is 2. The van der Waals surface area contributed by atoms with Gasteiger partial charge in [-0.15, -0.1) is 0 Å². The van der Waals surface area contributed by atoms with Crippen molar-refractivity contribution in [2.75, 3.05) is 38.5 Å². The summed E-state index contributed by atoms with van der Waals surface area (Å²) in [6.07, 6.45) is 1.43. The molecule has 0 atom stereocenters. The molecule has 1 saturated heterocycles. The van der Waals surface area contributed by atoms with Crippen LogP contribution in [0.1, 0.15) is 32.0 Å². The summed E-state index contributed by atoms with van der Waals surface area (Å²) in [5, 5.41) is 2.67. The zero-order valence-electron chi connectivity index (χ0n) is 16.6. The first-order valence-corrected chi connectivity index (χ1v) is 11.0. The van der Waals surface area contributed by atoms with Crippen molar-refractivity contribution >= 4 is 21.8 Å². The minimum Gasteiger partial charge on any atom is -0.459 e. The third-order valence-corrected chi connectivity index (χ3v) is 6.65. The van der Waals surface area contributed by atoms with E-state index in [1.54, 1.807) is 29.2 Å². The first kappa shape index (κ1) is 21.1. The van der Waals surface area contributed by atoms with E-state index in [0.29, 0.717) is 18.7 Å². The molecule has 3 rings (SSSR count). The Morgan fingerprint density at radius 1 is 1.07 bits per heavy atom. The number of furan rings is 1. The van der Waals surface area contributed by atoms with Crippen LogP contribution in [0.5, 0.6) is 0 Å². The molecule has 156 valence electrons. The third kappa shape index (κ3) is 5.24. The molecule has 0 aliphatic carbocycles. The summed E-state index contributed by atoms with van der Waals surface area (Å²) in [6, 6.07) is 8.74. The number of rotatable bonds is 6. The Morgan fingerprint density at radius 3 is 2.31 bits per heavy atom. The smallest absolute Gasteiger partial charge is 0.289 e. The standard InChI is InChI=1S/C20H25N3O5S/c1-15-12-16(2)14-17(13-15)19(24)21-5-11-29(26,27)23-8-6-22(7-9-23)20(25)18-4-3-10-28-18/h3-4,10,12-14H,5-9,11H2,1-2H3,(H,21,24). The van der Waals surface area contributed by atoms with E-state index in [0.717, 1.165) is 11.1 Å². The summed E-state index contributed by atoms with van der Waals surface area (Å²) in [5.74, 6) is -0.473. The predicted molar refractivity (Wildman–Crippen MR) is 108 cm³/mol. The van der Waals surface area contributed by atoms with Gasteiger partial charge in [-0.3, -0.25) is 9.59 Å². The van der Waals surface area contributed by atoms with Crippen LogP contribution in [0.2, 0.25) is 0 Å². The van der Waals surface area contributed by atoms with E-state index in [-0.39, 0.29) is 43.0 Å². The Labute approximate surface area is 170 Å². The Bertz CT molecular complexity index is 957. The molecule has 0 bridgehead atoms. The van der Waals surface area contributed by atoms with Crippen LogP contribution in [-0.2, 0) is 10.0 Å². The largest absolute Gasteiger partial charge is 0.459 e. The minimum atomic E-state index is -3.52. The Morgan fingerprint density at radius 2 is 1.72 bits per heavy atom. The van der Waals surface area contributed by atoms with E-state index in [1.807, 2.05) is 19.9 Å². The molecule has 2 aromatic rings. The van der Waals surface area contributed by atoms with Crippen molar-refractivity contribution < 1.29 is 22.4 Å². The third-order valence-electron chi connectivity index (χ3n) is 4.78. The van der Waals surface area contributed by atoms with Gasteiger partial charge in [0.25, 0.3) is 11.8 Å². The average Bonchev–Trinajstić information content (AvgIpc) is 3.21. The highest BCUT2D eigenvalue weighted by atomic mass is 32.2. The molecule has 0 radical (unpaired) electrons. The van der Waals surface area contributed by atoms with Crippen molar-refractivity contribution in [1.82, 2.24) is 14.5 Å². The number of nitrogens with one attached hydrogen (secondary N) is 1. The quantitative estimate of drug-likeness (QED) is 0.763. The molecular weight excluding hydrogens is 394 g/mol. The number of piperazine rings is 1. The fraction of sp³-hybridized carbons (Fsp3) is 0.400. The SMILES string of the molecule is Cc1cc(C)cc(C(=O)NCCS(=O)(=O)N2CCN(C(=O)c3ccco3)CC2)c1. The topological polar surface area (TPSA) is 99.9 Å². The van der Waals surface area contributed by atoms with E-state index in [4.69, 9.17) is 4.42 Å². The van der Waals surface area contributed by atoms with Crippen LogP contribution in [0.4, 0.5) is 0 Å². The average molecular weight is 420 g/mol. The van der Waals surface area contributed by atoms with Gasteiger partial charge in [0.2, 0.25) is 10.0 Å². The second-order valence-corrected chi connectivity index (χ2v) is 9.21. The lowest BCUT2D eigenvalue weighted by molar-refractivity contribution is 0.0665. The van der Waals surface area contributed by atoms with Crippen LogP contribution in [-0.4, -0.2) is 67.9 Å². The van der Waals surface area contributed by atoms with E-state index in [2.05, 4.69) is 5.32 Å². The molecule has 29 heavy (non-hydrogen) atoms. The first-order chi connectivity index (χ1) is 13.8. The molecular formula is C20H25N3O5S. The summed E-state index contributed by atoms with van der Waals surface area (Å²) in [7, 11) is -3.52. The predicted octanol–water partition coefficient (Wildman–Crippen LogP) is 1.41. The van der Waals surface area contributed by atoms with Gasteiger partial charge in [0.1, 0.15) is 0 Å². The second-order valence-electron chi connectivity index (χ2n) is 7.12. The van der Waals surface area contributed by atoms with Crippen molar-refractivity contribution in [2.45, 2.75) is 13.8 Å². The molecule has 0 saturated carbocycles. The molecule has 1 aromatic carbocycles. The molecule has 1 aliphatic rings. The molecule has 1 aromatic heterocycles. The zero-order valence-corrected chi connectivity index (χ0v) is 17.4. The van der Waals surface area contributed by atoms with Crippen molar-refractivity contribution in [3.63, 3.8) is 0 Å². The summed E-state index contributed by atoms with van der Waals surface area (Å²) in [5.41, 5.74) is 2.47. The van der Waals surface area contributed by atoms with Gasteiger partial charge in [-0.1, -0.05) is 17.2 Å². The maximum Gasteiger partial charge on any atom is 0.289 e. The molecule has 8 nitrogen and oxygen atoms in total. The number of aryl methyl sites for hydroxylation is 2. The number of sulfonamides is 1. The lowest BCUT2D eigenvalue weighted by atomic mass is 10.1. The van der Waals surface area contributed by atoms with E-state index in [1.165, 1.54) is 10.6 Å². The highest BCUT2D eigenvalue weighted by Crippen LogP contribution is 2.12.